The molecule has 1 unspecified atom stereocenters. The second-order valence-corrected chi connectivity index (χ2v) is 8.11. The quantitative estimate of drug-likeness (QED) is 0.633. The van der Waals surface area contributed by atoms with Gasteiger partial charge in [-0.05, 0) is 62.9 Å². The molecule has 0 N–H and O–H groups in total. The third kappa shape index (κ3) is 6.29. The van der Waals surface area contributed by atoms with Gasteiger partial charge in [0.2, 0.25) is 5.91 Å². The highest BCUT2D eigenvalue weighted by Gasteiger charge is 2.30. The fraction of sp³-hybridized carbons (Fsp3) is 0.500. The second kappa shape index (κ2) is 10.3. The minimum Gasteiger partial charge on any atom is -0.342 e. The molecule has 1 fully saturated rings. The summed E-state index contributed by atoms with van der Waals surface area (Å²) in [6.45, 7) is 7.58. The number of nitrogens with zero attached hydrogens (tertiary/aromatic N) is 3. The Bertz CT molecular complexity index is 863. The Morgan fingerprint density at radius 1 is 1.16 bits per heavy atom. The topological polar surface area (TPSA) is 36.4 Å². The lowest BCUT2D eigenvalue weighted by molar-refractivity contribution is -0.137. The molecule has 1 aliphatic rings. The maximum atomic E-state index is 12.9. The number of likely N-dealkylation sites (tertiary alicyclic amines) is 1. The molecule has 0 aliphatic carbocycles. The predicted octanol–water partition coefficient (Wildman–Crippen LogP) is 4.74. The van der Waals surface area contributed by atoms with Crippen LogP contribution in [0.25, 0.3) is 0 Å². The van der Waals surface area contributed by atoms with Crippen LogP contribution in [0.4, 0.5) is 13.2 Å². The smallest absolute Gasteiger partial charge is 0.342 e. The van der Waals surface area contributed by atoms with Crippen molar-refractivity contribution in [3.05, 3.63) is 65.0 Å². The van der Waals surface area contributed by atoms with Gasteiger partial charge >= 0.3 is 6.18 Å². The van der Waals surface area contributed by atoms with Crippen molar-refractivity contribution in [3.8, 4) is 0 Å². The zero-order chi connectivity index (χ0) is 22.4. The lowest BCUT2D eigenvalue weighted by atomic mass is 9.93. The standard InChI is InChI=1S/C24H30F3N3O/c1-3-30(4-2)23(31)17-29-12-6-8-20(16-29)22-11-10-19(15-28-22)13-18-7-5-9-21(14-18)24(25,26)27/h5,7,9-11,14-15,20H,3-4,6,8,12-13,16-17H2,1-2H3. The first-order valence-corrected chi connectivity index (χ1v) is 10.9. The van der Waals surface area contributed by atoms with Gasteiger partial charge in [-0.25, -0.2) is 0 Å². The second-order valence-electron chi connectivity index (χ2n) is 8.11. The number of amides is 1. The van der Waals surface area contributed by atoms with Crippen molar-refractivity contribution >= 4 is 5.91 Å². The van der Waals surface area contributed by atoms with E-state index in [-0.39, 0.29) is 11.8 Å². The van der Waals surface area contributed by atoms with Gasteiger partial charge in [0.15, 0.2) is 0 Å². The van der Waals surface area contributed by atoms with Crippen LogP contribution in [0.5, 0.6) is 0 Å². The van der Waals surface area contributed by atoms with Crippen LogP contribution in [0.15, 0.2) is 42.6 Å². The summed E-state index contributed by atoms with van der Waals surface area (Å²) in [5.41, 5.74) is 1.85. The Hall–Kier alpha value is -2.41. The van der Waals surface area contributed by atoms with Crippen LogP contribution >= 0.6 is 0 Å². The summed E-state index contributed by atoms with van der Waals surface area (Å²) in [5.74, 6) is 0.427. The van der Waals surface area contributed by atoms with Crippen molar-refractivity contribution in [2.24, 2.45) is 0 Å². The van der Waals surface area contributed by atoms with Crippen LogP contribution < -0.4 is 0 Å². The van der Waals surface area contributed by atoms with Gasteiger partial charge in [0.1, 0.15) is 0 Å². The fourth-order valence-corrected chi connectivity index (χ4v) is 4.18. The Morgan fingerprint density at radius 2 is 1.94 bits per heavy atom. The molecule has 7 heteroatoms. The number of piperidine rings is 1. The van der Waals surface area contributed by atoms with E-state index >= 15 is 0 Å². The highest BCUT2D eigenvalue weighted by Crippen LogP contribution is 2.30. The molecule has 0 spiro atoms. The van der Waals surface area contributed by atoms with Crippen LogP contribution in [0, 0.1) is 0 Å². The highest BCUT2D eigenvalue weighted by atomic mass is 19.4. The first-order valence-electron chi connectivity index (χ1n) is 10.9. The number of aromatic nitrogens is 1. The summed E-state index contributed by atoms with van der Waals surface area (Å²) in [5, 5.41) is 0. The lowest BCUT2D eigenvalue weighted by Crippen LogP contribution is -2.43. The molecule has 3 rings (SSSR count). The summed E-state index contributed by atoms with van der Waals surface area (Å²) >= 11 is 0. The average Bonchev–Trinajstić information content (AvgIpc) is 2.75. The molecule has 1 aromatic carbocycles. The SMILES string of the molecule is CCN(CC)C(=O)CN1CCCC(c2ccc(Cc3cccc(C(F)(F)F)c3)cn2)C1. The Balaban J connectivity index is 1.61. The Kier molecular flexibility index (Phi) is 7.70. The molecule has 0 bridgehead atoms. The van der Waals surface area contributed by atoms with Gasteiger partial charge in [-0.2, -0.15) is 13.2 Å². The maximum Gasteiger partial charge on any atom is 0.416 e. The number of hydrogen-bond acceptors (Lipinski definition) is 3. The van der Waals surface area contributed by atoms with Crippen molar-refractivity contribution in [2.45, 2.75) is 45.2 Å². The van der Waals surface area contributed by atoms with Crippen molar-refractivity contribution in [1.82, 2.24) is 14.8 Å². The number of alkyl halides is 3. The van der Waals surface area contributed by atoms with Crippen LogP contribution in [0.2, 0.25) is 0 Å². The number of carbonyl (C=O) groups excluding carboxylic acids is 1. The van der Waals surface area contributed by atoms with Crippen molar-refractivity contribution in [3.63, 3.8) is 0 Å². The average molecular weight is 434 g/mol. The van der Waals surface area contributed by atoms with Gasteiger partial charge in [-0.15, -0.1) is 0 Å². The predicted molar refractivity (Wildman–Crippen MR) is 115 cm³/mol. The first-order chi connectivity index (χ1) is 14.8. The van der Waals surface area contributed by atoms with Gasteiger partial charge in [0, 0.05) is 37.4 Å². The largest absolute Gasteiger partial charge is 0.416 e. The van der Waals surface area contributed by atoms with Gasteiger partial charge in [0.05, 0.1) is 12.1 Å². The molecule has 1 atom stereocenters. The molecule has 31 heavy (non-hydrogen) atoms. The van der Waals surface area contributed by atoms with E-state index in [1.54, 1.807) is 12.3 Å². The number of pyridine rings is 1. The minimum absolute atomic E-state index is 0.162. The molecule has 0 saturated carbocycles. The summed E-state index contributed by atoms with van der Waals surface area (Å²) in [6.07, 6.45) is -0.126. The summed E-state index contributed by atoms with van der Waals surface area (Å²) < 4.78 is 38.8. The number of likely N-dealkylation sites (N-methyl/N-ethyl adjacent to an activating group) is 1. The Labute approximate surface area is 182 Å². The minimum atomic E-state index is -4.34. The van der Waals surface area contributed by atoms with Crippen molar-refractivity contribution in [2.75, 3.05) is 32.7 Å². The number of carbonyl (C=O) groups is 1. The van der Waals surface area contributed by atoms with E-state index in [0.29, 0.717) is 18.5 Å². The van der Waals surface area contributed by atoms with Crippen LogP contribution in [0.3, 0.4) is 0 Å². The molecule has 2 aromatic rings. The number of rotatable bonds is 7. The monoisotopic (exact) mass is 433 g/mol. The number of benzene rings is 1. The van der Waals surface area contributed by atoms with Crippen LogP contribution in [-0.2, 0) is 17.4 Å². The molecule has 1 aromatic heterocycles. The zero-order valence-electron chi connectivity index (χ0n) is 18.2. The molecule has 1 aliphatic heterocycles. The summed E-state index contributed by atoms with van der Waals surface area (Å²) in [6, 6.07) is 9.35. The molecule has 0 radical (unpaired) electrons. The van der Waals surface area contributed by atoms with E-state index in [2.05, 4.69) is 9.88 Å². The number of halogens is 3. The Morgan fingerprint density at radius 3 is 2.58 bits per heavy atom. The number of hydrogen-bond donors (Lipinski definition) is 0. The first kappa shape index (κ1) is 23.3. The fourth-order valence-electron chi connectivity index (χ4n) is 4.18. The molecular weight excluding hydrogens is 403 g/mol. The van der Waals surface area contributed by atoms with E-state index in [1.165, 1.54) is 12.1 Å². The summed E-state index contributed by atoms with van der Waals surface area (Å²) in [7, 11) is 0. The normalized spacial score (nSPS) is 17.5. The molecule has 4 nitrogen and oxygen atoms in total. The van der Waals surface area contributed by atoms with Crippen molar-refractivity contribution in [1.29, 1.82) is 0 Å². The van der Waals surface area contributed by atoms with Gasteiger partial charge < -0.3 is 4.90 Å². The zero-order valence-corrected chi connectivity index (χ0v) is 18.2. The van der Waals surface area contributed by atoms with Gasteiger partial charge in [-0.3, -0.25) is 14.7 Å². The van der Waals surface area contributed by atoms with Gasteiger partial charge in [0.25, 0.3) is 0 Å². The van der Waals surface area contributed by atoms with E-state index in [4.69, 9.17) is 0 Å². The van der Waals surface area contributed by atoms with E-state index in [9.17, 15) is 18.0 Å². The van der Waals surface area contributed by atoms with E-state index < -0.39 is 11.7 Å². The maximum absolute atomic E-state index is 12.9. The molecule has 168 valence electrons. The lowest BCUT2D eigenvalue weighted by Gasteiger charge is -2.33. The van der Waals surface area contributed by atoms with E-state index in [1.807, 2.05) is 30.9 Å². The van der Waals surface area contributed by atoms with Crippen LogP contribution in [0.1, 0.15) is 55.0 Å². The van der Waals surface area contributed by atoms with Crippen LogP contribution in [-0.4, -0.2) is 53.4 Å². The molecule has 1 amide bonds. The molecule has 1 saturated heterocycles. The molecular formula is C24H30F3N3O. The third-order valence-electron chi connectivity index (χ3n) is 5.91. The third-order valence-corrected chi connectivity index (χ3v) is 5.91. The van der Waals surface area contributed by atoms with Crippen molar-refractivity contribution < 1.29 is 18.0 Å². The molecule has 2 heterocycles. The highest BCUT2D eigenvalue weighted by molar-refractivity contribution is 5.78. The van der Waals surface area contributed by atoms with E-state index in [0.717, 1.165) is 56.3 Å². The summed E-state index contributed by atoms with van der Waals surface area (Å²) in [4.78, 5) is 21.1. The van der Waals surface area contributed by atoms with Gasteiger partial charge in [-0.1, -0.05) is 24.3 Å².